The molecule has 2 saturated heterocycles. The molecule has 4 rings (SSSR count). The number of likely N-dealkylation sites (tertiary alicyclic amines) is 1. The summed E-state index contributed by atoms with van der Waals surface area (Å²) in [6, 6.07) is 9.56. The summed E-state index contributed by atoms with van der Waals surface area (Å²) in [5, 5.41) is 10.9. The summed E-state index contributed by atoms with van der Waals surface area (Å²) < 4.78 is 0. The molecule has 1 aromatic carbocycles. The molecule has 2 aliphatic rings. The molecule has 0 radical (unpaired) electrons. The van der Waals surface area contributed by atoms with Crippen LogP contribution in [0.15, 0.2) is 36.9 Å². The molecule has 3 N–H and O–H groups in total. The highest BCUT2D eigenvalue weighted by atomic mass is 16.3. The SMILES string of the molecule is C=C(CC1(O)CCN(C)C1=O)c1cccc(-c2nc(C(N)=O)cc(N3CCCC3CC(C)C)n2)c1. The molecule has 8 nitrogen and oxygen atoms in total. The van der Waals surface area contributed by atoms with Crippen LogP contribution in [0.3, 0.4) is 0 Å². The number of anilines is 1. The van der Waals surface area contributed by atoms with Gasteiger partial charge >= 0.3 is 0 Å². The van der Waals surface area contributed by atoms with Gasteiger partial charge in [-0.15, -0.1) is 0 Å². The van der Waals surface area contributed by atoms with Crippen molar-refractivity contribution >= 4 is 23.2 Å². The molecule has 35 heavy (non-hydrogen) atoms. The van der Waals surface area contributed by atoms with Crippen LogP contribution in [0.4, 0.5) is 5.82 Å². The Morgan fingerprint density at radius 1 is 1.29 bits per heavy atom. The fourth-order valence-electron chi connectivity index (χ4n) is 5.18. The number of aromatic nitrogens is 2. The standard InChI is InChI=1S/C27H35N5O3/c1-17(2)13-21-9-6-11-32(21)23-15-22(24(28)33)29-25(30-23)20-8-5-7-19(14-20)18(3)16-27(35)10-12-31(4)26(27)34/h5,7-8,14-15,17,21,35H,3,6,9-13,16H2,1-2,4H3,(H2,28,33). The summed E-state index contributed by atoms with van der Waals surface area (Å²) in [5.74, 6) is 0.808. The molecule has 2 aliphatic heterocycles. The van der Waals surface area contributed by atoms with Gasteiger partial charge in [0.2, 0.25) is 0 Å². The number of nitrogens with zero attached hydrogens (tertiary/aromatic N) is 4. The maximum Gasteiger partial charge on any atom is 0.267 e. The molecule has 2 atom stereocenters. The first kappa shape index (κ1) is 24.9. The summed E-state index contributed by atoms with van der Waals surface area (Å²) in [6.07, 6.45) is 3.75. The molecular formula is C27H35N5O3. The van der Waals surface area contributed by atoms with Crippen LogP contribution in [-0.2, 0) is 4.79 Å². The Bertz CT molecular complexity index is 1150. The van der Waals surface area contributed by atoms with Crippen LogP contribution in [-0.4, -0.2) is 63.6 Å². The van der Waals surface area contributed by atoms with Gasteiger partial charge in [0.1, 0.15) is 17.1 Å². The van der Waals surface area contributed by atoms with E-state index in [1.807, 2.05) is 24.3 Å². The number of benzene rings is 1. The molecular weight excluding hydrogens is 442 g/mol. The van der Waals surface area contributed by atoms with Crippen LogP contribution < -0.4 is 10.6 Å². The number of likely N-dealkylation sites (N-methyl/N-ethyl adjacent to an activating group) is 1. The molecule has 0 spiro atoms. The van der Waals surface area contributed by atoms with Crippen molar-refractivity contribution in [3.8, 4) is 11.4 Å². The second-order valence-corrected chi connectivity index (χ2v) is 10.3. The van der Waals surface area contributed by atoms with Crippen molar-refractivity contribution in [2.45, 2.75) is 57.6 Å². The van der Waals surface area contributed by atoms with E-state index >= 15 is 0 Å². The Balaban J connectivity index is 1.65. The molecule has 3 heterocycles. The topological polar surface area (TPSA) is 113 Å². The van der Waals surface area contributed by atoms with E-state index in [0.29, 0.717) is 42.1 Å². The Labute approximate surface area is 206 Å². The number of hydrogen-bond acceptors (Lipinski definition) is 6. The van der Waals surface area contributed by atoms with Gasteiger partial charge in [0.25, 0.3) is 11.8 Å². The monoisotopic (exact) mass is 477 g/mol. The number of carbonyl (C=O) groups is 2. The van der Waals surface area contributed by atoms with Gasteiger partial charge in [-0.3, -0.25) is 9.59 Å². The van der Waals surface area contributed by atoms with Crippen LogP contribution in [0.25, 0.3) is 17.0 Å². The van der Waals surface area contributed by atoms with Crippen LogP contribution in [0.1, 0.15) is 62.0 Å². The lowest BCUT2D eigenvalue weighted by Gasteiger charge is -2.27. The van der Waals surface area contributed by atoms with E-state index in [4.69, 9.17) is 10.7 Å². The molecule has 2 amide bonds. The predicted octanol–water partition coefficient (Wildman–Crippen LogP) is 3.25. The van der Waals surface area contributed by atoms with E-state index in [0.717, 1.165) is 36.9 Å². The molecule has 2 fully saturated rings. The third-order valence-electron chi connectivity index (χ3n) is 7.02. The van der Waals surface area contributed by atoms with E-state index in [-0.39, 0.29) is 18.0 Å². The number of aliphatic hydroxyl groups is 1. The molecule has 2 unspecified atom stereocenters. The number of amides is 2. The molecule has 186 valence electrons. The third-order valence-corrected chi connectivity index (χ3v) is 7.02. The first-order chi connectivity index (χ1) is 16.6. The maximum atomic E-state index is 12.4. The van der Waals surface area contributed by atoms with Crippen molar-refractivity contribution in [3.63, 3.8) is 0 Å². The highest BCUT2D eigenvalue weighted by molar-refractivity contribution is 5.92. The number of hydrogen-bond donors (Lipinski definition) is 2. The van der Waals surface area contributed by atoms with E-state index in [1.54, 1.807) is 18.0 Å². The highest BCUT2D eigenvalue weighted by Crippen LogP contribution is 2.34. The predicted molar refractivity (Wildman–Crippen MR) is 137 cm³/mol. The minimum Gasteiger partial charge on any atom is -0.380 e. The normalized spacial score (nSPS) is 22.3. The summed E-state index contributed by atoms with van der Waals surface area (Å²) in [6.45, 7) is 9.96. The number of carbonyl (C=O) groups excluding carboxylic acids is 2. The van der Waals surface area contributed by atoms with Gasteiger partial charge in [0.15, 0.2) is 5.82 Å². The lowest BCUT2D eigenvalue weighted by Crippen LogP contribution is -2.38. The van der Waals surface area contributed by atoms with Crippen molar-refractivity contribution in [1.29, 1.82) is 0 Å². The van der Waals surface area contributed by atoms with Crippen LogP contribution in [0, 0.1) is 5.92 Å². The van der Waals surface area contributed by atoms with E-state index in [1.165, 1.54) is 0 Å². The minimum atomic E-state index is -1.43. The Morgan fingerprint density at radius 2 is 2.06 bits per heavy atom. The Hall–Kier alpha value is -3.26. The average molecular weight is 478 g/mol. The quantitative estimate of drug-likeness (QED) is 0.604. The zero-order chi connectivity index (χ0) is 25.3. The number of nitrogens with two attached hydrogens (primary N) is 1. The first-order valence-electron chi connectivity index (χ1n) is 12.3. The summed E-state index contributed by atoms with van der Waals surface area (Å²) in [7, 11) is 1.69. The largest absolute Gasteiger partial charge is 0.380 e. The number of primary amides is 1. The van der Waals surface area contributed by atoms with Gasteiger partial charge in [0.05, 0.1) is 0 Å². The molecule has 1 aromatic heterocycles. The van der Waals surface area contributed by atoms with Crippen molar-refractivity contribution in [2.24, 2.45) is 11.7 Å². The third kappa shape index (κ3) is 5.22. The van der Waals surface area contributed by atoms with E-state index in [9.17, 15) is 14.7 Å². The summed E-state index contributed by atoms with van der Waals surface area (Å²) in [5.41, 5.74) is 6.53. The van der Waals surface area contributed by atoms with Crippen LogP contribution in [0.2, 0.25) is 0 Å². The maximum absolute atomic E-state index is 12.4. The zero-order valence-electron chi connectivity index (χ0n) is 20.8. The summed E-state index contributed by atoms with van der Waals surface area (Å²) >= 11 is 0. The highest BCUT2D eigenvalue weighted by Gasteiger charge is 2.43. The van der Waals surface area contributed by atoms with E-state index < -0.39 is 11.5 Å². The van der Waals surface area contributed by atoms with Gasteiger partial charge in [-0.2, -0.15) is 0 Å². The fraction of sp³-hybridized carbons (Fsp3) is 0.481. The van der Waals surface area contributed by atoms with E-state index in [2.05, 4.69) is 30.3 Å². The van der Waals surface area contributed by atoms with Gasteiger partial charge in [0, 0.05) is 50.7 Å². The molecule has 8 heteroatoms. The first-order valence-corrected chi connectivity index (χ1v) is 12.3. The average Bonchev–Trinajstić information content (AvgIpc) is 3.38. The van der Waals surface area contributed by atoms with Crippen molar-refractivity contribution in [3.05, 3.63) is 48.2 Å². The Kier molecular flexibility index (Phi) is 6.94. The fourth-order valence-corrected chi connectivity index (χ4v) is 5.18. The smallest absolute Gasteiger partial charge is 0.267 e. The van der Waals surface area contributed by atoms with Crippen LogP contribution in [0.5, 0.6) is 0 Å². The lowest BCUT2D eigenvalue weighted by atomic mass is 9.89. The molecule has 0 bridgehead atoms. The lowest BCUT2D eigenvalue weighted by molar-refractivity contribution is -0.141. The zero-order valence-corrected chi connectivity index (χ0v) is 20.8. The van der Waals surface area contributed by atoms with Gasteiger partial charge < -0.3 is 20.6 Å². The van der Waals surface area contributed by atoms with Gasteiger partial charge in [-0.1, -0.05) is 38.6 Å². The van der Waals surface area contributed by atoms with Crippen molar-refractivity contribution in [1.82, 2.24) is 14.9 Å². The minimum absolute atomic E-state index is 0.151. The van der Waals surface area contributed by atoms with Crippen molar-refractivity contribution < 1.29 is 14.7 Å². The molecule has 2 aromatic rings. The second-order valence-electron chi connectivity index (χ2n) is 10.3. The van der Waals surface area contributed by atoms with Crippen LogP contribution >= 0.6 is 0 Å². The molecule has 0 aliphatic carbocycles. The van der Waals surface area contributed by atoms with Crippen molar-refractivity contribution in [2.75, 3.05) is 25.0 Å². The van der Waals surface area contributed by atoms with Gasteiger partial charge in [-0.05, 0) is 42.4 Å². The van der Waals surface area contributed by atoms with Gasteiger partial charge in [-0.25, -0.2) is 9.97 Å². The Morgan fingerprint density at radius 3 is 2.71 bits per heavy atom. The summed E-state index contributed by atoms with van der Waals surface area (Å²) in [4.78, 5) is 37.6. The number of rotatable bonds is 8. The second kappa shape index (κ2) is 9.77. The molecule has 0 saturated carbocycles.